The molecule has 0 aromatic rings. The second-order valence-corrected chi connectivity index (χ2v) is 28.4. The number of allylic oxidation sites excluding steroid dienone is 2. The molecule has 8 aliphatic carbocycles. The van der Waals surface area contributed by atoms with Gasteiger partial charge in [0.05, 0.1) is 23.7 Å². The Morgan fingerprint density at radius 2 is 1.05 bits per heavy atom. The highest BCUT2D eigenvalue weighted by atomic mass is 32.2. The van der Waals surface area contributed by atoms with Crippen molar-refractivity contribution in [2.75, 3.05) is 18.1 Å². The molecule has 11 nitrogen and oxygen atoms in total. The lowest BCUT2D eigenvalue weighted by atomic mass is 9.42. The summed E-state index contributed by atoms with van der Waals surface area (Å²) in [5.74, 6) is 4.55. The van der Waals surface area contributed by atoms with Crippen LogP contribution in [0.15, 0.2) is 11.1 Å². The van der Waals surface area contributed by atoms with Crippen molar-refractivity contribution in [1.82, 2.24) is 5.32 Å². The van der Waals surface area contributed by atoms with E-state index in [-0.39, 0.29) is 70.7 Å². The van der Waals surface area contributed by atoms with Crippen LogP contribution >= 0.6 is 0 Å². The molecule has 66 heavy (non-hydrogen) atoms. The van der Waals surface area contributed by atoms with Crippen LogP contribution in [0.5, 0.6) is 0 Å². The molecular formula is C53H87NO10S2. The highest BCUT2D eigenvalue weighted by Gasteiger charge is 2.65. The van der Waals surface area contributed by atoms with Crippen molar-refractivity contribution < 1.29 is 45.7 Å². The fraction of sp³-hybridized carbons (Fsp3) is 0.925. The summed E-state index contributed by atoms with van der Waals surface area (Å²) >= 11 is 0. The first-order chi connectivity index (χ1) is 30.9. The third kappa shape index (κ3) is 9.69. The van der Waals surface area contributed by atoms with Crippen molar-refractivity contribution in [3.63, 3.8) is 0 Å². The van der Waals surface area contributed by atoms with E-state index < -0.39 is 26.0 Å². The van der Waals surface area contributed by atoms with Gasteiger partial charge in [0.1, 0.15) is 5.78 Å². The number of rotatable bonds is 15. The van der Waals surface area contributed by atoms with Crippen molar-refractivity contribution >= 4 is 31.9 Å². The standard InChI is InChI=1S/C53H87NO10S2/c1-32(9-11-38(55)8-7-26-65(59,60)61)39-12-14-41-48-43(19-23-52(39,41)5)50(3)21-17-34(28-36(50)30-45(48)56)35-18-22-51(4)37(29-35)31-46(57)49-42-15-13-40(53(42,6)24-20-44(49)51)33(2)10-16-47(58)54-25-27-66(62,63)64/h32-33,36-37,39-46,48-49,56-57H,7-31H2,1-6H3,(H,54,58)(H,59,60,61)(H,62,63,64)/b35-34+/t32-,33-,36?,37?,39-,40-,41+,42+,43+,44+,45+,46+,48?,49?,50+,51+,52-,53-/m1/s1. The molecule has 376 valence electrons. The van der Waals surface area contributed by atoms with Gasteiger partial charge in [-0.3, -0.25) is 18.7 Å². The number of carbonyl (C=O) groups excluding carboxylic acids is 2. The van der Waals surface area contributed by atoms with Crippen LogP contribution in [0.3, 0.4) is 0 Å². The molecular weight excluding hydrogens is 875 g/mol. The number of carbonyl (C=O) groups is 2. The predicted molar refractivity (Wildman–Crippen MR) is 257 cm³/mol. The molecule has 1 amide bonds. The van der Waals surface area contributed by atoms with Gasteiger partial charge in [-0.05, 0) is 215 Å². The molecule has 0 spiro atoms. The fourth-order valence-corrected chi connectivity index (χ4v) is 19.7. The molecule has 0 aliphatic heterocycles. The average Bonchev–Trinajstić information content (AvgIpc) is 3.78. The SMILES string of the molecule is C[C@H](CCC(=O)CCCS(=O)(=O)O)[C@H]1CC[C@H]2C3[C@@H](O)CC4C/C(=C5\CC[C@@]6(C)C(C5)C[C@H](O)C5[C@@H]7CC[C@H]([C@H](C)CCC(=O)NCCS(=O)(=O)O)[C@@]7(C)CC[C@@H]56)CC[C@]4(C)[C@H]3CC[C@]12C. The molecule has 18 atom stereocenters. The van der Waals surface area contributed by atoms with Crippen molar-refractivity contribution in [2.45, 2.75) is 195 Å². The number of hydrogen-bond donors (Lipinski definition) is 5. The number of ketones is 1. The van der Waals surface area contributed by atoms with E-state index in [4.69, 9.17) is 9.11 Å². The van der Waals surface area contributed by atoms with Crippen molar-refractivity contribution in [3.05, 3.63) is 11.1 Å². The van der Waals surface area contributed by atoms with E-state index in [0.717, 1.165) is 70.6 Å². The van der Waals surface area contributed by atoms with Crippen LogP contribution in [0.2, 0.25) is 0 Å². The maximum absolute atomic E-state index is 12.7. The van der Waals surface area contributed by atoms with Crippen molar-refractivity contribution in [2.24, 2.45) is 92.7 Å². The van der Waals surface area contributed by atoms with Gasteiger partial charge in [-0.15, -0.1) is 0 Å². The Bertz CT molecular complexity index is 1930. The van der Waals surface area contributed by atoms with Gasteiger partial charge in [0.2, 0.25) is 5.91 Å². The summed E-state index contributed by atoms with van der Waals surface area (Å²) in [5, 5.41) is 27.1. The molecule has 13 heteroatoms. The fourth-order valence-electron chi connectivity index (χ4n) is 18.8. The Labute approximate surface area is 398 Å². The third-order valence-electron chi connectivity index (χ3n) is 22.3. The minimum absolute atomic E-state index is 0.0767. The minimum atomic E-state index is -4.11. The van der Waals surface area contributed by atoms with E-state index in [2.05, 4.69) is 46.9 Å². The van der Waals surface area contributed by atoms with E-state index in [1.54, 1.807) is 11.1 Å². The maximum Gasteiger partial charge on any atom is 0.266 e. The second kappa shape index (κ2) is 19.0. The van der Waals surface area contributed by atoms with E-state index in [1.165, 1.54) is 44.9 Å². The average molecular weight is 962 g/mol. The Balaban J connectivity index is 0.870. The molecule has 0 radical (unpaired) electrons. The molecule has 0 aromatic heterocycles. The molecule has 8 fully saturated rings. The summed E-state index contributed by atoms with van der Waals surface area (Å²) in [4.78, 5) is 25.2. The van der Waals surface area contributed by atoms with Crippen molar-refractivity contribution in [3.8, 4) is 0 Å². The summed E-state index contributed by atoms with van der Waals surface area (Å²) in [7, 11) is -8.15. The summed E-state index contributed by atoms with van der Waals surface area (Å²) in [6, 6.07) is 0. The molecule has 5 N–H and O–H groups in total. The monoisotopic (exact) mass is 962 g/mol. The topological polar surface area (TPSA) is 195 Å². The number of aliphatic hydroxyl groups is 2. The van der Waals surface area contributed by atoms with Crippen LogP contribution in [0.4, 0.5) is 0 Å². The van der Waals surface area contributed by atoms with Gasteiger partial charge in [0.25, 0.3) is 20.2 Å². The number of amides is 1. The molecule has 8 aliphatic rings. The van der Waals surface area contributed by atoms with E-state index in [1.807, 2.05) is 0 Å². The highest BCUT2D eigenvalue weighted by Crippen LogP contribution is 2.71. The number of aliphatic hydroxyl groups excluding tert-OH is 2. The number of hydrogen-bond acceptors (Lipinski definition) is 8. The predicted octanol–water partition coefficient (Wildman–Crippen LogP) is 9.62. The first kappa shape index (κ1) is 51.0. The Hall–Kier alpha value is -1.38. The number of Topliss-reactive ketones (excluding diaryl/α,β-unsaturated/α-hetero) is 1. The molecule has 0 heterocycles. The molecule has 4 unspecified atom stereocenters. The molecule has 0 saturated heterocycles. The quantitative estimate of drug-likeness (QED) is 0.0779. The van der Waals surface area contributed by atoms with Crippen molar-refractivity contribution in [1.29, 1.82) is 0 Å². The molecule has 0 bridgehead atoms. The summed E-state index contributed by atoms with van der Waals surface area (Å²) < 4.78 is 62.5. The van der Waals surface area contributed by atoms with Crippen LogP contribution in [0, 0.1) is 92.7 Å². The summed E-state index contributed by atoms with van der Waals surface area (Å²) in [6.07, 6.45) is 20.2. The maximum atomic E-state index is 12.7. The van der Waals surface area contributed by atoms with Gasteiger partial charge in [-0.25, -0.2) is 0 Å². The van der Waals surface area contributed by atoms with Crippen LogP contribution in [-0.2, 0) is 29.8 Å². The van der Waals surface area contributed by atoms with Gasteiger partial charge in [-0.2, -0.15) is 16.8 Å². The Kier molecular flexibility index (Phi) is 14.7. The Morgan fingerprint density at radius 1 is 0.606 bits per heavy atom. The number of nitrogens with one attached hydrogen (secondary N) is 1. The molecule has 8 rings (SSSR count). The van der Waals surface area contributed by atoms with Gasteiger partial charge in [0, 0.05) is 25.8 Å². The largest absolute Gasteiger partial charge is 0.393 e. The smallest absolute Gasteiger partial charge is 0.266 e. The van der Waals surface area contributed by atoms with Gasteiger partial charge in [-0.1, -0.05) is 52.7 Å². The lowest BCUT2D eigenvalue weighted by Crippen LogP contribution is -2.58. The molecule has 8 saturated carbocycles. The van der Waals surface area contributed by atoms with Crippen LogP contribution < -0.4 is 5.32 Å². The first-order valence-electron chi connectivity index (χ1n) is 26.6. The Morgan fingerprint density at radius 3 is 1.50 bits per heavy atom. The second-order valence-electron chi connectivity index (χ2n) is 25.3. The van der Waals surface area contributed by atoms with E-state index >= 15 is 0 Å². The molecule has 0 aromatic carbocycles. The minimum Gasteiger partial charge on any atom is -0.393 e. The lowest BCUT2D eigenvalue weighted by molar-refractivity contribution is -0.162. The van der Waals surface area contributed by atoms with Crippen LogP contribution in [0.1, 0.15) is 183 Å². The third-order valence-corrected chi connectivity index (χ3v) is 23.9. The van der Waals surface area contributed by atoms with E-state index in [9.17, 15) is 36.6 Å². The van der Waals surface area contributed by atoms with Gasteiger partial charge in [0.15, 0.2) is 0 Å². The lowest BCUT2D eigenvalue weighted by Gasteiger charge is -2.63. The number of fused-ring (bicyclic) bond motifs is 10. The van der Waals surface area contributed by atoms with Crippen LogP contribution in [-0.4, -0.2) is 78.1 Å². The zero-order valence-corrected chi connectivity index (χ0v) is 42.9. The summed E-state index contributed by atoms with van der Waals surface area (Å²) in [5.41, 5.74) is 4.12. The van der Waals surface area contributed by atoms with E-state index in [0.29, 0.717) is 83.9 Å². The van der Waals surface area contributed by atoms with Crippen LogP contribution in [0.25, 0.3) is 0 Å². The van der Waals surface area contributed by atoms with Gasteiger partial charge < -0.3 is 15.5 Å². The first-order valence-corrected chi connectivity index (χ1v) is 29.8. The highest BCUT2D eigenvalue weighted by molar-refractivity contribution is 7.86. The zero-order chi connectivity index (χ0) is 47.8. The van der Waals surface area contributed by atoms with Gasteiger partial charge >= 0.3 is 0 Å². The normalized spacial score (nSPS) is 45.3. The summed E-state index contributed by atoms with van der Waals surface area (Å²) in [6.45, 7) is 14.6. The zero-order valence-electron chi connectivity index (χ0n) is 41.3.